The van der Waals surface area contributed by atoms with E-state index >= 15 is 0 Å². The van der Waals surface area contributed by atoms with Crippen molar-refractivity contribution in [2.24, 2.45) is 0 Å². The average Bonchev–Trinajstić information content (AvgIpc) is 2.70. The molecule has 0 saturated carbocycles. The van der Waals surface area contributed by atoms with Crippen molar-refractivity contribution in [1.82, 2.24) is 14.8 Å². The third-order valence-corrected chi connectivity index (χ3v) is 4.92. The van der Waals surface area contributed by atoms with E-state index in [1.165, 1.54) is 12.1 Å². The molecule has 11 heteroatoms. The van der Waals surface area contributed by atoms with Crippen molar-refractivity contribution in [3.63, 3.8) is 0 Å². The minimum atomic E-state index is -0.893. The molecule has 1 aliphatic heterocycles. The minimum absolute atomic E-state index is 0.0673. The highest BCUT2D eigenvalue weighted by Gasteiger charge is 2.18. The summed E-state index contributed by atoms with van der Waals surface area (Å²) < 4.78 is 6.59. The van der Waals surface area contributed by atoms with Gasteiger partial charge in [-0.15, -0.1) is 5.10 Å². The van der Waals surface area contributed by atoms with Crippen LogP contribution in [0.15, 0.2) is 39.9 Å². The SMILES string of the molecule is N#Cc1nn(-c2cc(Cl)c(Oc3ccc4c(c3)NC(=O)CC4)c(Cl)c2)c(=O)[nH]c1=O. The number of nitrogens with one attached hydrogen (secondary N) is 2. The molecule has 0 radical (unpaired) electrons. The molecule has 9 nitrogen and oxygen atoms in total. The molecule has 2 aromatic carbocycles. The third-order valence-electron chi connectivity index (χ3n) is 4.36. The van der Waals surface area contributed by atoms with Gasteiger partial charge in [0, 0.05) is 18.2 Å². The molecule has 0 saturated heterocycles. The number of nitriles is 1. The number of H-pyrrole nitrogens is 1. The molecule has 0 aliphatic carbocycles. The first-order chi connectivity index (χ1) is 14.4. The number of aryl methyl sites for hydroxylation is 1. The normalized spacial score (nSPS) is 12.6. The Bertz CT molecular complexity index is 1330. The Labute approximate surface area is 178 Å². The third kappa shape index (κ3) is 3.66. The molecule has 0 unspecified atom stereocenters. The summed E-state index contributed by atoms with van der Waals surface area (Å²) in [5.74, 6) is 0.455. The van der Waals surface area contributed by atoms with E-state index in [0.29, 0.717) is 24.3 Å². The van der Waals surface area contributed by atoms with Crippen LogP contribution in [0.2, 0.25) is 10.0 Å². The predicted molar refractivity (Wildman–Crippen MR) is 109 cm³/mol. The number of hydrogen-bond acceptors (Lipinski definition) is 6. The van der Waals surface area contributed by atoms with E-state index in [4.69, 9.17) is 33.2 Å². The number of aromatic amines is 1. The molecule has 30 heavy (non-hydrogen) atoms. The van der Waals surface area contributed by atoms with E-state index in [-0.39, 0.29) is 27.4 Å². The van der Waals surface area contributed by atoms with Gasteiger partial charge in [-0.25, -0.2) is 4.79 Å². The molecule has 3 aromatic rings. The Morgan fingerprint density at radius 2 is 1.83 bits per heavy atom. The van der Waals surface area contributed by atoms with Crippen molar-refractivity contribution in [2.75, 3.05) is 5.32 Å². The summed E-state index contributed by atoms with van der Waals surface area (Å²) >= 11 is 12.6. The number of aromatic nitrogens is 3. The van der Waals surface area contributed by atoms with Gasteiger partial charge in [-0.1, -0.05) is 29.3 Å². The van der Waals surface area contributed by atoms with Gasteiger partial charge in [0.2, 0.25) is 11.6 Å². The summed E-state index contributed by atoms with van der Waals surface area (Å²) in [4.78, 5) is 37.2. The van der Waals surface area contributed by atoms with Crippen molar-refractivity contribution >= 4 is 34.8 Å². The van der Waals surface area contributed by atoms with E-state index < -0.39 is 16.9 Å². The van der Waals surface area contributed by atoms with Gasteiger partial charge in [0.25, 0.3) is 5.56 Å². The lowest BCUT2D eigenvalue weighted by Crippen LogP contribution is -2.33. The Kier molecular flexibility index (Phi) is 5.03. The molecule has 0 atom stereocenters. The molecule has 150 valence electrons. The van der Waals surface area contributed by atoms with Crippen LogP contribution in [0.4, 0.5) is 5.69 Å². The van der Waals surface area contributed by atoms with Gasteiger partial charge in [-0.2, -0.15) is 9.94 Å². The maximum atomic E-state index is 12.1. The highest BCUT2D eigenvalue weighted by molar-refractivity contribution is 6.37. The predicted octanol–water partition coefficient (Wildman–Crippen LogP) is 2.78. The molecular weight excluding hydrogens is 433 g/mol. The highest BCUT2D eigenvalue weighted by atomic mass is 35.5. The fourth-order valence-corrected chi connectivity index (χ4v) is 3.50. The lowest BCUT2D eigenvalue weighted by atomic mass is 10.0. The second kappa shape index (κ2) is 7.67. The summed E-state index contributed by atoms with van der Waals surface area (Å²) in [6.45, 7) is 0. The summed E-state index contributed by atoms with van der Waals surface area (Å²) in [5.41, 5.74) is -0.460. The summed E-state index contributed by atoms with van der Waals surface area (Å²) in [6, 6.07) is 9.55. The van der Waals surface area contributed by atoms with Gasteiger partial charge in [0.05, 0.1) is 15.7 Å². The standard InChI is InChI=1S/C19H11Cl2N5O4/c20-12-5-10(26-19(29)24-18(28)15(8-22)25-26)6-13(21)17(12)30-11-3-1-9-2-4-16(27)23-14(9)7-11/h1,3,5-7H,2,4H2,(H,23,27)(H,24,28,29). The van der Waals surface area contributed by atoms with Gasteiger partial charge in [0.1, 0.15) is 11.8 Å². The summed E-state index contributed by atoms with van der Waals surface area (Å²) in [7, 11) is 0. The number of benzene rings is 2. The molecule has 0 fully saturated rings. The van der Waals surface area contributed by atoms with Crippen molar-refractivity contribution in [2.45, 2.75) is 12.8 Å². The molecular formula is C19H11Cl2N5O4. The first-order valence-electron chi connectivity index (χ1n) is 8.59. The van der Waals surface area contributed by atoms with Gasteiger partial charge in [0.15, 0.2) is 5.75 Å². The maximum Gasteiger partial charge on any atom is 0.349 e. The number of rotatable bonds is 3. The molecule has 1 aromatic heterocycles. The zero-order chi connectivity index (χ0) is 21.4. The molecule has 0 bridgehead atoms. The second-order valence-electron chi connectivity index (χ2n) is 6.34. The number of anilines is 1. The van der Waals surface area contributed by atoms with Gasteiger partial charge < -0.3 is 10.1 Å². The molecule has 2 N–H and O–H groups in total. The molecule has 0 spiro atoms. The van der Waals surface area contributed by atoms with Crippen molar-refractivity contribution in [3.05, 3.63) is 72.5 Å². The van der Waals surface area contributed by atoms with Crippen LogP contribution in [0, 0.1) is 11.3 Å². The molecule has 1 amide bonds. The Balaban J connectivity index is 1.70. The first-order valence-corrected chi connectivity index (χ1v) is 9.35. The largest absolute Gasteiger partial charge is 0.454 e. The van der Waals surface area contributed by atoms with Crippen LogP contribution in [0.1, 0.15) is 17.7 Å². The van der Waals surface area contributed by atoms with Crippen molar-refractivity contribution in [1.29, 1.82) is 5.26 Å². The Morgan fingerprint density at radius 1 is 1.10 bits per heavy atom. The van der Waals surface area contributed by atoms with E-state index in [9.17, 15) is 14.4 Å². The minimum Gasteiger partial charge on any atom is -0.454 e. The zero-order valence-corrected chi connectivity index (χ0v) is 16.5. The highest BCUT2D eigenvalue weighted by Crippen LogP contribution is 2.39. The zero-order valence-electron chi connectivity index (χ0n) is 15.0. The fourth-order valence-electron chi connectivity index (χ4n) is 2.95. The average molecular weight is 444 g/mol. The molecule has 2 heterocycles. The first kappa shape index (κ1) is 19.7. The lowest BCUT2D eigenvalue weighted by molar-refractivity contribution is -0.116. The van der Waals surface area contributed by atoms with Crippen LogP contribution < -0.4 is 21.3 Å². The number of carbonyl (C=O) groups excluding carboxylic acids is 1. The van der Waals surface area contributed by atoms with Gasteiger partial charge in [-0.05, 0) is 30.2 Å². The number of ether oxygens (including phenoxy) is 1. The monoisotopic (exact) mass is 443 g/mol. The van der Waals surface area contributed by atoms with Gasteiger partial charge >= 0.3 is 5.69 Å². The van der Waals surface area contributed by atoms with Crippen molar-refractivity contribution < 1.29 is 9.53 Å². The second-order valence-corrected chi connectivity index (χ2v) is 7.15. The van der Waals surface area contributed by atoms with Crippen molar-refractivity contribution in [3.8, 4) is 23.3 Å². The fraction of sp³-hybridized carbons (Fsp3) is 0.105. The van der Waals surface area contributed by atoms with E-state index in [0.717, 1.165) is 10.2 Å². The number of halogens is 2. The Morgan fingerprint density at radius 3 is 2.53 bits per heavy atom. The maximum absolute atomic E-state index is 12.1. The van der Waals surface area contributed by atoms with E-state index in [2.05, 4.69) is 10.4 Å². The van der Waals surface area contributed by atoms with E-state index in [1.807, 2.05) is 11.1 Å². The Hall–Kier alpha value is -3.61. The number of carbonyl (C=O) groups is 1. The summed E-state index contributed by atoms with van der Waals surface area (Å²) in [5, 5.41) is 15.6. The molecule has 1 aliphatic rings. The van der Waals surface area contributed by atoms with Crippen LogP contribution in [-0.4, -0.2) is 20.7 Å². The molecule has 4 rings (SSSR count). The van der Waals surface area contributed by atoms with Crippen LogP contribution in [-0.2, 0) is 11.2 Å². The van der Waals surface area contributed by atoms with Crippen LogP contribution in [0.25, 0.3) is 5.69 Å². The van der Waals surface area contributed by atoms with Crippen LogP contribution in [0.3, 0.4) is 0 Å². The number of amides is 1. The number of nitrogens with zero attached hydrogens (tertiary/aromatic N) is 3. The van der Waals surface area contributed by atoms with Gasteiger partial charge in [-0.3, -0.25) is 14.6 Å². The smallest absolute Gasteiger partial charge is 0.349 e. The summed E-state index contributed by atoms with van der Waals surface area (Å²) in [6.07, 6.45) is 1.07. The van der Waals surface area contributed by atoms with Crippen LogP contribution >= 0.6 is 23.2 Å². The lowest BCUT2D eigenvalue weighted by Gasteiger charge is -2.18. The quantitative estimate of drug-likeness (QED) is 0.639. The topological polar surface area (TPSA) is 130 Å². The number of fused-ring (bicyclic) bond motifs is 1. The number of hydrogen-bond donors (Lipinski definition) is 2. The van der Waals surface area contributed by atoms with E-state index in [1.54, 1.807) is 18.2 Å². The van der Waals surface area contributed by atoms with Crippen LogP contribution in [0.5, 0.6) is 11.5 Å².